The van der Waals surface area contributed by atoms with Crippen LogP contribution in [0.15, 0.2) is 114 Å². The van der Waals surface area contributed by atoms with Crippen molar-refractivity contribution in [2.24, 2.45) is 4.99 Å². The Morgan fingerprint density at radius 1 is 0.774 bits per heavy atom. The molecule has 0 aromatic heterocycles. The third-order valence-corrected chi connectivity index (χ3v) is 8.17. The summed E-state index contributed by atoms with van der Waals surface area (Å²) in [5.41, 5.74) is 1.90. The maximum atomic E-state index is 6.49. The zero-order valence-electron chi connectivity index (χ0n) is 17.8. The first-order chi connectivity index (χ1) is 15.1. The van der Waals surface area contributed by atoms with Gasteiger partial charge in [-0.15, -0.1) is 5.56 Å². The third-order valence-electron chi connectivity index (χ3n) is 5.67. The largest absolute Gasteiger partial charge is 0.469 e. The van der Waals surface area contributed by atoms with Gasteiger partial charge in [-0.3, -0.25) is 0 Å². The molecule has 31 heavy (non-hydrogen) atoms. The van der Waals surface area contributed by atoms with E-state index < -0.39 is 7.92 Å². The van der Waals surface area contributed by atoms with E-state index in [2.05, 4.69) is 123 Å². The van der Waals surface area contributed by atoms with Gasteiger partial charge in [-0.25, -0.2) is 17.1 Å². The van der Waals surface area contributed by atoms with Crippen LogP contribution < -0.4 is 15.9 Å². The van der Waals surface area contributed by atoms with Crippen molar-refractivity contribution in [2.45, 2.75) is 25.5 Å². The van der Waals surface area contributed by atoms with Crippen molar-refractivity contribution >= 4 is 29.7 Å². The van der Waals surface area contributed by atoms with Gasteiger partial charge in [0.2, 0.25) is 5.90 Å². The van der Waals surface area contributed by atoms with E-state index in [1.807, 2.05) is 0 Å². The number of rotatable bonds is 5. The van der Waals surface area contributed by atoms with Gasteiger partial charge in [0, 0.05) is 5.56 Å². The number of benzene rings is 3. The van der Waals surface area contributed by atoms with Crippen molar-refractivity contribution in [2.75, 3.05) is 0 Å². The highest BCUT2D eigenvalue weighted by molar-refractivity contribution is 7.80. The van der Waals surface area contributed by atoms with E-state index in [1.165, 1.54) is 21.5 Å². The second-order valence-electron chi connectivity index (χ2n) is 8.28. The van der Waals surface area contributed by atoms with Gasteiger partial charge < -0.3 is 4.74 Å². The molecular weight excluding hydrogens is 397 g/mol. The molecule has 0 N–H and O–H groups in total. The van der Waals surface area contributed by atoms with Gasteiger partial charge in [0.15, 0.2) is 0 Å². The molecule has 1 atom stereocenters. The van der Waals surface area contributed by atoms with Crippen molar-refractivity contribution in [1.29, 1.82) is 0 Å². The Bertz CT molecular complexity index is 1140. The lowest BCUT2D eigenvalue weighted by Crippen LogP contribution is -2.30. The normalized spacial score (nSPS) is 17.4. The highest BCUT2D eigenvalue weighted by Crippen LogP contribution is 2.41. The Hall–Kier alpha value is -3.09. The lowest BCUT2D eigenvalue weighted by molar-refractivity contribution is 0.0975. The van der Waals surface area contributed by atoms with Crippen LogP contribution in [0.25, 0.3) is 0 Å². The van der Waals surface area contributed by atoms with Crippen LogP contribution in [0.1, 0.15) is 31.0 Å². The standard InChI is InChI=1S/C28H25NOP/c1-28(2)26(21-13-9-10-14-21)29-27(30-28)24-19-11-12-20-25(24)31(22-15-5-3-6-16-22)23-17-7-4-8-18-23/h3-20,26H,1-2H3/q-1/t26-/m1/s1. The van der Waals surface area contributed by atoms with E-state index >= 15 is 0 Å². The molecule has 0 saturated carbocycles. The van der Waals surface area contributed by atoms with Gasteiger partial charge in [0.1, 0.15) is 5.60 Å². The molecule has 3 heteroatoms. The van der Waals surface area contributed by atoms with E-state index in [-0.39, 0.29) is 11.6 Å². The molecule has 0 fully saturated rings. The van der Waals surface area contributed by atoms with Crippen LogP contribution in [0.2, 0.25) is 0 Å². The summed E-state index contributed by atoms with van der Waals surface area (Å²) >= 11 is 0. The maximum Gasteiger partial charge on any atom is 0.218 e. The average Bonchev–Trinajstić information content (AvgIpc) is 3.43. The minimum absolute atomic E-state index is 0.00904. The highest BCUT2D eigenvalue weighted by atomic mass is 31.1. The van der Waals surface area contributed by atoms with E-state index in [0.717, 1.165) is 11.5 Å². The fourth-order valence-corrected chi connectivity index (χ4v) is 6.65. The van der Waals surface area contributed by atoms with Crippen LogP contribution in [0.5, 0.6) is 0 Å². The van der Waals surface area contributed by atoms with E-state index in [0.29, 0.717) is 0 Å². The molecule has 0 bridgehead atoms. The molecule has 1 aliphatic heterocycles. The van der Waals surface area contributed by atoms with Crippen molar-refractivity contribution < 1.29 is 4.74 Å². The monoisotopic (exact) mass is 422 g/mol. The predicted octanol–water partition coefficient (Wildman–Crippen LogP) is 5.46. The quantitative estimate of drug-likeness (QED) is 0.309. The molecule has 2 nitrogen and oxygen atoms in total. The molecule has 4 aromatic carbocycles. The second-order valence-corrected chi connectivity index (χ2v) is 10.5. The van der Waals surface area contributed by atoms with Crippen LogP contribution >= 0.6 is 7.92 Å². The van der Waals surface area contributed by atoms with Crippen molar-refractivity contribution in [3.8, 4) is 0 Å². The fourth-order valence-electron chi connectivity index (χ4n) is 4.21. The van der Waals surface area contributed by atoms with Gasteiger partial charge in [0.25, 0.3) is 0 Å². The maximum absolute atomic E-state index is 6.49. The summed E-state index contributed by atoms with van der Waals surface area (Å²) in [4.78, 5) is 5.09. The molecule has 1 heterocycles. The Morgan fingerprint density at radius 2 is 1.39 bits per heavy atom. The van der Waals surface area contributed by atoms with Gasteiger partial charge in [-0.1, -0.05) is 78.9 Å². The number of aliphatic imine (C=N–C) groups is 1. The van der Waals surface area contributed by atoms with Crippen molar-refractivity contribution in [3.05, 3.63) is 120 Å². The molecular formula is C28H25NOP-. The number of hydrogen-bond acceptors (Lipinski definition) is 2. The molecule has 1 aliphatic rings. The van der Waals surface area contributed by atoms with Gasteiger partial charge in [-0.05, 0) is 43.7 Å². The number of hydrogen-bond donors (Lipinski definition) is 0. The highest BCUT2D eigenvalue weighted by Gasteiger charge is 2.39. The molecule has 154 valence electrons. The smallest absolute Gasteiger partial charge is 0.218 e. The molecule has 0 saturated heterocycles. The van der Waals surface area contributed by atoms with E-state index in [9.17, 15) is 0 Å². The molecule has 4 aromatic rings. The lowest BCUT2D eigenvalue weighted by atomic mass is 9.95. The van der Waals surface area contributed by atoms with Crippen LogP contribution in [-0.4, -0.2) is 11.5 Å². The summed E-state index contributed by atoms with van der Waals surface area (Å²) in [6.45, 7) is 4.25. The first-order valence-corrected chi connectivity index (χ1v) is 12.0. The summed E-state index contributed by atoms with van der Waals surface area (Å²) in [5.74, 6) is 0.742. The average molecular weight is 422 g/mol. The zero-order valence-corrected chi connectivity index (χ0v) is 18.7. The van der Waals surface area contributed by atoms with Crippen LogP contribution in [0.3, 0.4) is 0 Å². The topological polar surface area (TPSA) is 21.6 Å². The SMILES string of the molecule is CC1(C)OC(c2ccccc2P(c2ccccc2)c2ccccc2)=N[C@@H]1c1ccc[cH-]1. The molecule has 5 rings (SSSR count). The molecule has 0 radical (unpaired) electrons. The van der Waals surface area contributed by atoms with Crippen molar-refractivity contribution in [1.82, 2.24) is 0 Å². The molecule has 0 unspecified atom stereocenters. The number of ether oxygens (including phenoxy) is 1. The summed E-state index contributed by atoms with van der Waals surface area (Å²) in [5, 5.41) is 3.91. The summed E-state index contributed by atoms with van der Waals surface area (Å²) < 4.78 is 6.49. The summed E-state index contributed by atoms with van der Waals surface area (Å²) in [6.07, 6.45) is 0. The van der Waals surface area contributed by atoms with E-state index in [4.69, 9.17) is 9.73 Å². The fraction of sp³-hybridized carbons (Fsp3) is 0.143. The summed E-state index contributed by atoms with van der Waals surface area (Å²) in [7, 11) is -0.734. The molecule has 0 amide bonds. The van der Waals surface area contributed by atoms with Crippen LogP contribution in [0, 0.1) is 0 Å². The predicted molar refractivity (Wildman–Crippen MR) is 132 cm³/mol. The lowest BCUT2D eigenvalue weighted by Gasteiger charge is -2.27. The van der Waals surface area contributed by atoms with Gasteiger partial charge in [0.05, 0.1) is 6.04 Å². The second kappa shape index (κ2) is 8.21. The minimum atomic E-state index is -0.734. The number of nitrogens with zero attached hydrogens (tertiary/aromatic N) is 1. The Morgan fingerprint density at radius 3 is 2.00 bits per heavy atom. The van der Waals surface area contributed by atoms with Crippen molar-refractivity contribution in [3.63, 3.8) is 0 Å². The Labute approximate surface area is 185 Å². The molecule has 0 aliphatic carbocycles. The minimum Gasteiger partial charge on any atom is -0.469 e. The first kappa shape index (κ1) is 19.8. The zero-order chi connectivity index (χ0) is 21.3. The Balaban J connectivity index is 1.64. The first-order valence-electron chi connectivity index (χ1n) is 10.6. The summed E-state index contributed by atoms with van der Waals surface area (Å²) in [6, 6.07) is 38.5. The molecule has 0 spiro atoms. The van der Waals surface area contributed by atoms with Crippen LogP contribution in [-0.2, 0) is 4.74 Å². The van der Waals surface area contributed by atoms with E-state index in [1.54, 1.807) is 0 Å². The van der Waals surface area contributed by atoms with Crippen LogP contribution in [0.4, 0.5) is 0 Å². The third kappa shape index (κ3) is 3.84. The Kier molecular flexibility index (Phi) is 5.26. The van der Waals surface area contributed by atoms with Gasteiger partial charge in [-0.2, -0.15) is 12.1 Å². The van der Waals surface area contributed by atoms with Gasteiger partial charge >= 0.3 is 0 Å².